The summed E-state index contributed by atoms with van der Waals surface area (Å²) < 4.78 is 2.47. The Morgan fingerprint density at radius 3 is 0.638 bits per heavy atom. The molecule has 0 aliphatic rings. The van der Waals surface area contributed by atoms with Gasteiger partial charge < -0.3 is 0 Å². The van der Waals surface area contributed by atoms with Crippen LogP contribution in [0.5, 0.6) is 0 Å². The van der Waals surface area contributed by atoms with Crippen LogP contribution in [0.1, 0.15) is 55.6 Å². The Labute approximate surface area is 455 Å². The summed E-state index contributed by atoms with van der Waals surface area (Å²) in [5, 5.41) is 0.194. The molecule has 0 heterocycles. The Balaban J connectivity index is 0.000000334. The van der Waals surface area contributed by atoms with Gasteiger partial charge in [-0.1, -0.05) is 118 Å². The molecular weight excluding hydrogens is 1150 g/mol. The second kappa shape index (κ2) is 31.6. The van der Waals surface area contributed by atoms with Crippen LogP contribution in [0, 0.1) is 102 Å². The van der Waals surface area contributed by atoms with E-state index in [9.17, 15) is 0 Å². The van der Waals surface area contributed by atoms with Crippen LogP contribution in [-0.2, 0) is 0 Å². The van der Waals surface area contributed by atoms with Gasteiger partial charge in [-0.3, -0.25) is 0 Å². The first kappa shape index (κ1) is 59.6. The van der Waals surface area contributed by atoms with Gasteiger partial charge in [-0.2, -0.15) is 0 Å². The molecule has 0 unspecified atom stereocenters. The molecule has 0 N–H and O–H groups in total. The zero-order valence-electron chi connectivity index (χ0n) is 40.8. The molecule has 0 aliphatic carbocycles. The first-order valence-corrected chi connectivity index (χ1v) is 35.4. The Kier molecular flexibility index (Phi) is 27.3. The van der Waals surface area contributed by atoms with E-state index >= 15 is 0 Å². The number of halogens is 4. The normalized spacial score (nSPS) is 9.54. The highest BCUT2D eigenvalue weighted by Gasteiger charge is 2.08. The lowest BCUT2D eigenvalue weighted by Crippen LogP contribution is -2.16. The number of terminal acetylenes is 3. The predicted octanol–water partition coefficient (Wildman–Crippen LogP) is 15.8. The van der Waals surface area contributed by atoms with Gasteiger partial charge in [-0.25, -0.2) is 0 Å². The zero-order valence-corrected chi connectivity index (χ0v) is 49.6. The van der Waals surface area contributed by atoms with Crippen molar-refractivity contribution in [3.8, 4) is 95.1 Å². The van der Waals surface area contributed by atoms with E-state index in [1.54, 1.807) is 0 Å². The van der Waals surface area contributed by atoms with Crippen LogP contribution in [0.2, 0.25) is 58.9 Å². The fourth-order valence-corrected chi connectivity index (χ4v) is 6.35. The standard InChI is InChI=1S/C24H26Si2.C18H10.C14H8I2.C5H10Si.CH2Cl2/c1-25(2,3)19-17-23-13-9-21(10-14-23)7-8-22-11-15-24(16-12-22)18-20-26(4,5)6;1-3-15-5-9-17(10-6-15)13-14-18-11-7-16(4-2)8-12-18;15-13-7-3-11(4-8-13)1-2-12-5-9-14(16)10-6-12;1-5-6(2,3)4;2-1-3/h9-16H,1-6H3;1-2,5-12H;3-10H;1H,2-4H3;1H2. The van der Waals surface area contributed by atoms with Crippen molar-refractivity contribution in [3.63, 3.8) is 0 Å². The fourth-order valence-electron chi connectivity index (χ4n) is 4.59. The third kappa shape index (κ3) is 29.2. The monoisotopic (exact) mass is 1210 g/mol. The number of hydrogen-bond donors (Lipinski definition) is 0. The van der Waals surface area contributed by atoms with Crippen molar-refractivity contribution in [3.05, 3.63) is 208 Å². The van der Waals surface area contributed by atoms with Gasteiger partial charge in [0.25, 0.3) is 0 Å². The molecule has 0 spiro atoms. The third-order valence-electron chi connectivity index (χ3n) is 8.21. The molecule has 0 aromatic heterocycles. The number of benzene rings is 6. The molecule has 0 radical (unpaired) electrons. The molecule has 0 saturated carbocycles. The summed E-state index contributed by atoms with van der Waals surface area (Å²) >= 11 is 14.1. The quantitative estimate of drug-likeness (QED) is 0.0615. The minimum absolute atomic E-state index is 0.194. The molecule has 0 saturated heterocycles. The first-order chi connectivity index (χ1) is 32.6. The maximum Gasteiger partial charge on any atom is 0.129 e. The summed E-state index contributed by atoms with van der Waals surface area (Å²) in [6.45, 7) is 19.9. The first-order valence-electron chi connectivity index (χ1n) is 21.7. The van der Waals surface area contributed by atoms with Gasteiger partial charge in [0.1, 0.15) is 24.2 Å². The molecule has 0 bridgehead atoms. The molecule has 0 fully saturated rings. The lowest BCUT2D eigenvalue weighted by Gasteiger charge is -2.03. The van der Waals surface area contributed by atoms with Gasteiger partial charge in [-0.15, -0.1) is 59.1 Å². The molecule has 0 nitrogen and oxygen atoms in total. The van der Waals surface area contributed by atoms with Gasteiger partial charge in [0.15, 0.2) is 0 Å². The second-order valence-electron chi connectivity index (χ2n) is 17.9. The molecule has 6 aromatic carbocycles. The fraction of sp³-hybridized carbons (Fsp3) is 0.161. The van der Waals surface area contributed by atoms with Crippen molar-refractivity contribution in [2.24, 2.45) is 0 Å². The van der Waals surface area contributed by atoms with Crippen LogP contribution >= 0.6 is 68.4 Å². The Morgan fingerprint density at radius 2 is 0.478 bits per heavy atom. The highest BCUT2D eigenvalue weighted by molar-refractivity contribution is 14.1. The minimum Gasteiger partial charge on any atom is -0.135 e. The summed E-state index contributed by atoms with van der Waals surface area (Å²) in [6, 6.07) is 48.0. The van der Waals surface area contributed by atoms with Gasteiger partial charge in [0.05, 0.1) is 5.34 Å². The highest BCUT2D eigenvalue weighted by atomic mass is 127. The van der Waals surface area contributed by atoms with Crippen LogP contribution in [0.15, 0.2) is 146 Å². The number of alkyl halides is 2. The topological polar surface area (TPSA) is 0 Å². The maximum absolute atomic E-state index is 5.29. The predicted molar refractivity (Wildman–Crippen MR) is 327 cm³/mol. The van der Waals surface area contributed by atoms with E-state index in [4.69, 9.17) is 42.5 Å². The van der Waals surface area contributed by atoms with E-state index < -0.39 is 24.2 Å². The van der Waals surface area contributed by atoms with E-state index in [2.05, 4.69) is 204 Å². The van der Waals surface area contributed by atoms with Gasteiger partial charge in [0.2, 0.25) is 0 Å². The molecule has 0 amide bonds. The van der Waals surface area contributed by atoms with Gasteiger partial charge in [-0.05, 0) is 191 Å². The molecular formula is C62H56Cl2I2Si3. The van der Waals surface area contributed by atoms with Crippen molar-refractivity contribution in [1.29, 1.82) is 0 Å². The average molecular weight is 1210 g/mol. The Bertz CT molecular complexity index is 2810. The van der Waals surface area contributed by atoms with Gasteiger partial charge >= 0.3 is 0 Å². The van der Waals surface area contributed by atoms with Crippen LogP contribution < -0.4 is 0 Å². The van der Waals surface area contributed by atoms with Crippen molar-refractivity contribution in [2.45, 2.75) is 58.9 Å². The lowest BCUT2D eigenvalue weighted by molar-refractivity contribution is 1.58. The summed E-state index contributed by atoms with van der Waals surface area (Å²) in [6.07, 6.45) is 15.7. The van der Waals surface area contributed by atoms with Crippen molar-refractivity contribution in [2.75, 3.05) is 5.34 Å². The smallest absolute Gasteiger partial charge is 0.129 e. The largest absolute Gasteiger partial charge is 0.135 e. The van der Waals surface area contributed by atoms with E-state index in [-0.39, 0.29) is 5.34 Å². The zero-order chi connectivity index (χ0) is 51.3. The van der Waals surface area contributed by atoms with Crippen LogP contribution in [0.25, 0.3) is 0 Å². The van der Waals surface area contributed by atoms with Crippen molar-refractivity contribution >= 4 is 92.6 Å². The highest BCUT2D eigenvalue weighted by Crippen LogP contribution is 2.10. The number of hydrogen-bond acceptors (Lipinski definition) is 0. The molecule has 7 heteroatoms. The summed E-state index contributed by atoms with van der Waals surface area (Å²) in [7, 11) is -3.76. The summed E-state index contributed by atoms with van der Waals surface area (Å²) in [5.41, 5.74) is 19.3. The Morgan fingerprint density at radius 1 is 0.319 bits per heavy atom. The summed E-state index contributed by atoms with van der Waals surface area (Å²) in [5.74, 6) is 30.6. The van der Waals surface area contributed by atoms with Crippen LogP contribution in [0.4, 0.5) is 0 Å². The lowest BCUT2D eigenvalue weighted by atomic mass is 10.1. The van der Waals surface area contributed by atoms with Gasteiger partial charge in [0, 0.05) is 62.8 Å². The van der Waals surface area contributed by atoms with E-state index in [0.29, 0.717) is 0 Å². The molecule has 344 valence electrons. The second-order valence-corrected chi connectivity index (χ2v) is 35.4. The van der Waals surface area contributed by atoms with E-state index in [1.807, 2.05) is 121 Å². The van der Waals surface area contributed by atoms with E-state index in [1.165, 1.54) is 7.14 Å². The van der Waals surface area contributed by atoms with Crippen molar-refractivity contribution < 1.29 is 0 Å². The maximum atomic E-state index is 5.29. The molecule has 0 aliphatic heterocycles. The minimum atomic E-state index is -1.33. The average Bonchev–Trinajstić information content (AvgIpc) is 3.33. The Hall–Kier alpha value is -5.51. The molecule has 0 atom stereocenters. The van der Waals surface area contributed by atoms with E-state index in [0.717, 1.165) is 55.6 Å². The third-order valence-corrected chi connectivity index (χ3v) is 12.3. The number of rotatable bonds is 0. The molecule has 69 heavy (non-hydrogen) atoms. The molecule has 6 rings (SSSR count). The van der Waals surface area contributed by atoms with Crippen molar-refractivity contribution in [1.82, 2.24) is 0 Å². The molecule has 6 aromatic rings. The van der Waals surface area contributed by atoms with Crippen LogP contribution in [0.3, 0.4) is 0 Å². The van der Waals surface area contributed by atoms with Crippen LogP contribution in [-0.4, -0.2) is 29.6 Å². The summed E-state index contributed by atoms with van der Waals surface area (Å²) in [4.78, 5) is 0. The SMILES string of the molecule is C#C[Si](C)(C)C.C#Cc1ccc(C#Cc2ccc(C#C)cc2)cc1.C[Si](C)(C)C#Cc1ccc(C#Cc2ccc(C#C[Si](C)(C)C)cc2)cc1.ClCCl.Ic1ccc(C#Cc2ccc(I)cc2)cc1.